The van der Waals surface area contributed by atoms with Crippen LogP contribution < -0.4 is 15.3 Å². The Kier molecular flexibility index (Phi) is 7.34. The highest BCUT2D eigenvalue weighted by atomic mass is 32.2. The molecule has 0 aliphatic carbocycles. The van der Waals surface area contributed by atoms with Crippen molar-refractivity contribution in [1.29, 1.82) is 0 Å². The highest BCUT2D eigenvalue weighted by molar-refractivity contribution is 7.89. The van der Waals surface area contributed by atoms with Gasteiger partial charge in [-0.1, -0.05) is 18.2 Å². The Balaban J connectivity index is 1.69. The summed E-state index contributed by atoms with van der Waals surface area (Å²) in [6.07, 6.45) is 1.29. The summed E-state index contributed by atoms with van der Waals surface area (Å²) in [7, 11) is -3.74. The van der Waals surface area contributed by atoms with Gasteiger partial charge in [0.2, 0.25) is 10.0 Å². The minimum absolute atomic E-state index is 0.00653. The number of morpholine rings is 1. The molecule has 1 aliphatic rings. The highest BCUT2D eigenvalue weighted by Crippen LogP contribution is 2.19. The molecular weight excluding hydrogens is 426 g/mol. The summed E-state index contributed by atoms with van der Waals surface area (Å²) in [5.41, 5.74) is 2.87. The number of hydrazone groups is 1. The zero-order valence-corrected chi connectivity index (χ0v) is 17.2. The molecule has 0 atom stereocenters. The first-order valence-corrected chi connectivity index (χ1v) is 10.7. The number of hydrogen-bond acceptors (Lipinski definition) is 8. The van der Waals surface area contributed by atoms with E-state index in [0.29, 0.717) is 18.8 Å². The van der Waals surface area contributed by atoms with Crippen molar-refractivity contribution < 1.29 is 32.6 Å². The van der Waals surface area contributed by atoms with Gasteiger partial charge in [0.25, 0.3) is 5.91 Å². The molecule has 0 radical (unpaired) electrons. The maximum atomic E-state index is 12.8. The summed E-state index contributed by atoms with van der Waals surface area (Å²) < 4.78 is 37.1. The average molecular weight is 446 g/mol. The zero-order valence-electron chi connectivity index (χ0n) is 16.4. The fraction of sp³-hybridized carbons (Fsp3) is 0.250. The fourth-order valence-corrected chi connectivity index (χ4v) is 4.27. The molecule has 1 saturated heterocycles. The Morgan fingerprint density at radius 3 is 2.65 bits per heavy atom. The molecule has 31 heavy (non-hydrogen) atoms. The van der Waals surface area contributed by atoms with Crippen molar-refractivity contribution >= 4 is 28.1 Å². The lowest BCUT2D eigenvalue weighted by atomic mass is 10.2. The van der Waals surface area contributed by atoms with Gasteiger partial charge in [0.05, 0.1) is 30.3 Å². The molecule has 0 bridgehead atoms. The number of benzene rings is 2. The minimum atomic E-state index is -3.74. The summed E-state index contributed by atoms with van der Waals surface area (Å²) in [5, 5.41) is 14.4. The summed E-state index contributed by atoms with van der Waals surface area (Å²) in [5.74, 6) is -1.72. The maximum Gasteiger partial charge on any atom is 0.271 e. The second-order valence-electron chi connectivity index (χ2n) is 6.44. The molecule has 0 aromatic heterocycles. The average Bonchev–Trinajstić information content (AvgIpc) is 2.79. The van der Waals surface area contributed by atoms with Crippen LogP contribution in [-0.2, 0) is 19.6 Å². The first-order valence-electron chi connectivity index (χ1n) is 9.31. The van der Waals surface area contributed by atoms with E-state index in [-0.39, 0.29) is 29.3 Å². The predicted octanol–water partition coefficient (Wildman–Crippen LogP) is -0.400. The molecule has 1 aliphatic heterocycles. The van der Waals surface area contributed by atoms with E-state index in [4.69, 9.17) is 9.47 Å². The van der Waals surface area contributed by atoms with Crippen molar-refractivity contribution in [3.63, 3.8) is 0 Å². The van der Waals surface area contributed by atoms with Gasteiger partial charge < -0.3 is 19.4 Å². The van der Waals surface area contributed by atoms with Gasteiger partial charge >= 0.3 is 0 Å². The number of nitrogens with zero attached hydrogens (tertiary/aromatic N) is 2. The number of nitrogens with one attached hydrogen (secondary N) is 1. The van der Waals surface area contributed by atoms with Crippen LogP contribution in [0.1, 0.15) is 15.9 Å². The molecule has 11 heteroatoms. The maximum absolute atomic E-state index is 12.8. The lowest BCUT2D eigenvalue weighted by Gasteiger charge is -2.26. The quantitative estimate of drug-likeness (QED) is 0.430. The highest BCUT2D eigenvalue weighted by Gasteiger charge is 2.26. The fourth-order valence-electron chi connectivity index (χ4n) is 2.81. The number of carboxylic acids is 1. The number of rotatable bonds is 8. The monoisotopic (exact) mass is 446 g/mol. The number of para-hydroxylation sites is 1. The number of amides is 1. The van der Waals surface area contributed by atoms with Crippen LogP contribution in [0.15, 0.2) is 58.5 Å². The van der Waals surface area contributed by atoms with E-state index in [1.807, 2.05) is 0 Å². The molecule has 164 valence electrons. The van der Waals surface area contributed by atoms with Crippen molar-refractivity contribution in [2.24, 2.45) is 5.10 Å². The third kappa shape index (κ3) is 5.87. The molecular formula is C20H20N3O7S-. The number of carboxylic acid groups (broad SMARTS) is 1. The van der Waals surface area contributed by atoms with Gasteiger partial charge in [-0.05, 0) is 30.3 Å². The summed E-state index contributed by atoms with van der Waals surface area (Å²) >= 11 is 0. The van der Waals surface area contributed by atoms with Crippen LogP contribution in [0.3, 0.4) is 0 Å². The number of sulfonamides is 1. The lowest BCUT2D eigenvalue weighted by molar-refractivity contribution is -0.307. The topological polar surface area (TPSA) is 137 Å². The van der Waals surface area contributed by atoms with Gasteiger partial charge in [-0.15, -0.1) is 0 Å². The minimum Gasteiger partial charge on any atom is -0.546 e. The Bertz CT molecular complexity index is 1080. The van der Waals surface area contributed by atoms with E-state index in [2.05, 4.69) is 10.5 Å². The number of hydrogen-bond donors (Lipinski definition) is 1. The third-order valence-electron chi connectivity index (χ3n) is 4.34. The van der Waals surface area contributed by atoms with E-state index in [0.717, 1.165) is 0 Å². The summed E-state index contributed by atoms with van der Waals surface area (Å²) in [6.45, 7) is 0.525. The van der Waals surface area contributed by atoms with Gasteiger partial charge in [-0.3, -0.25) is 4.79 Å². The van der Waals surface area contributed by atoms with Crippen molar-refractivity contribution in [1.82, 2.24) is 9.73 Å². The largest absolute Gasteiger partial charge is 0.546 e. The number of carbonyl (C=O) groups excluding carboxylic acids is 2. The number of ether oxygens (including phenoxy) is 2. The van der Waals surface area contributed by atoms with Crippen molar-refractivity contribution in [3.8, 4) is 5.75 Å². The molecule has 0 spiro atoms. The van der Waals surface area contributed by atoms with Gasteiger partial charge in [0, 0.05) is 24.2 Å². The van der Waals surface area contributed by atoms with Crippen LogP contribution in [-0.4, -0.2) is 63.7 Å². The number of carbonyl (C=O) groups is 2. The van der Waals surface area contributed by atoms with Crippen LogP contribution in [0.2, 0.25) is 0 Å². The normalized spacial score (nSPS) is 15.0. The molecule has 1 heterocycles. The van der Waals surface area contributed by atoms with E-state index in [1.165, 1.54) is 34.8 Å². The lowest BCUT2D eigenvalue weighted by Crippen LogP contribution is -2.40. The molecule has 3 rings (SSSR count). The third-order valence-corrected chi connectivity index (χ3v) is 6.23. The summed E-state index contributed by atoms with van der Waals surface area (Å²) in [6, 6.07) is 12.2. The summed E-state index contributed by atoms with van der Waals surface area (Å²) in [4.78, 5) is 23.0. The zero-order chi connectivity index (χ0) is 22.3. The molecule has 1 N–H and O–H groups in total. The molecule has 0 unspecified atom stereocenters. The molecule has 1 amide bonds. The van der Waals surface area contributed by atoms with Crippen LogP contribution in [0, 0.1) is 0 Å². The Hall–Kier alpha value is -3.28. The smallest absolute Gasteiger partial charge is 0.271 e. The van der Waals surface area contributed by atoms with Gasteiger partial charge in [-0.25, -0.2) is 13.8 Å². The van der Waals surface area contributed by atoms with Crippen molar-refractivity contribution in [2.45, 2.75) is 4.90 Å². The molecule has 1 fully saturated rings. The standard InChI is InChI=1S/C20H21N3O7S/c24-19(25)14-30-18-7-2-1-4-16(18)13-21-22-20(26)15-5-3-6-17(12-15)31(27,28)23-8-10-29-11-9-23/h1-7,12-13H,8-11,14H2,(H,22,26)(H,24,25)/p-1/b21-13-. The molecule has 2 aromatic carbocycles. The Morgan fingerprint density at radius 1 is 1.16 bits per heavy atom. The van der Waals surface area contributed by atoms with E-state index in [9.17, 15) is 23.1 Å². The van der Waals surface area contributed by atoms with Crippen LogP contribution in [0.25, 0.3) is 0 Å². The SMILES string of the molecule is O=C([O-])COc1ccccc1/C=N\NC(=O)c1cccc(S(=O)(=O)N2CCOCC2)c1. The second-order valence-corrected chi connectivity index (χ2v) is 8.38. The molecule has 0 saturated carbocycles. The van der Waals surface area contributed by atoms with Gasteiger partial charge in [-0.2, -0.15) is 9.41 Å². The van der Waals surface area contributed by atoms with E-state index < -0.39 is 28.5 Å². The van der Waals surface area contributed by atoms with E-state index >= 15 is 0 Å². The Morgan fingerprint density at radius 2 is 1.90 bits per heavy atom. The van der Waals surface area contributed by atoms with Crippen molar-refractivity contribution in [3.05, 3.63) is 59.7 Å². The van der Waals surface area contributed by atoms with Crippen LogP contribution in [0.5, 0.6) is 5.75 Å². The van der Waals surface area contributed by atoms with E-state index in [1.54, 1.807) is 24.3 Å². The van der Waals surface area contributed by atoms with Gasteiger partial charge in [0.15, 0.2) is 0 Å². The predicted molar refractivity (Wildman–Crippen MR) is 108 cm³/mol. The second kappa shape index (κ2) is 10.2. The first kappa shape index (κ1) is 22.4. The van der Waals surface area contributed by atoms with Crippen LogP contribution >= 0.6 is 0 Å². The first-order chi connectivity index (χ1) is 14.9. The Labute approximate surface area is 179 Å². The molecule has 10 nitrogen and oxygen atoms in total. The van der Waals surface area contributed by atoms with Crippen LogP contribution in [0.4, 0.5) is 0 Å². The van der Waals surface area contributed by atoms with Crippen molar-refractivity contribution in [2.75, 3.05) is 32.9 Å². The number of aliphatic carboxylic acids is 1. The molecule has 2 aromatic rings. The van der Waals surface area contributed by atoms with Gasteiger partial charge in [0.1, 0.15) is 12.4 Å².